The van der Waals surface area contributed by atoms with Crippen molar-refractivity contribution < 1.29 is 13.2 Å². The Morgan fingerprint density at radius 1 is 1.04 bits per heavy atom. The van der Waals surface area contributed by atoms with Gasteiger partial charge in [0.1, 0.15) is 0 Å². The Bertz CT molecular complexity index is 739. The number of hydrogen-bond donors (Lipinski definition) is 2. The summed E-state index contributed by atoms with van der Waals surface area (Å²) < 4.78 is 32.4. The maximum atomic E-state index is 12.4. The molecule has 0 atom stereocenters. The SMILES string of the molecule is COCCNCCNS(=O)(=O)c1ccc(Cl)c2ccccc12.Cl. The Balaban J connectivity index is 0.00000264. The van der Waals surface area contributed by atoms with E-state index in [1.54, 1.807) is 25.3 Å². The Hall–Kier alpha value is -0.890. The van der Waals surface area contributed by atoms with E-state index in [1.807, 2.05) is 12.1 Å². The van der Waals surface area contributed by atoms with E-state index in [4.69, 9.17) is 16.3 Å². The number of ether oxygens (including phenoxy) is 1. The van der Waals surface area contributed by atoms with Crippen molar-refractivity contribution in [3.05, 3.63) is 41.4 Å². The number of sulfonamides is 1. The van der Waals surface area contributed by atoms with Gasteiger partial charge in [0.05, 0.1) is 11.5 Å². The molecule has 2 aromatic rings. The van der Waals surface area contributed by atoms with Crippen molar-refractivity contribution in [2.75, 3.05) is 33.4 Å². The summed E-state index contributed by atoms with van der Waals surface area (Å²) in [6.45, 7) is 2.12. The van der Waals surface area contributed by atoms with Gasteiger partial charge in [0, 0.05) is 42.5 Å². The lowest BCUT2D eigenvalue weighted by atomic mass is 10.1. The van der Waals surface area contributed by atoms with Crippen molar-refractivity contribution in [2.45, 2.75) is 4.90 Å². The Labute approximate surface area is 147 Å². The standard InChI is InChI=1S/C15H19ClN2O3S.ClH/c1-21-11-10-17-8-9-18-22(19,20)15-7-6-14(16)12-4-2-3-5-13(12)15;/h2-7,17-18H,8-11H2,1H3;1H. The van der Waals surface area contributed by atoms with Crippen LogP contribution in [-0.4, -0.2) is 41.8 Å². The largest absolute Gasteiger partial charge is 0.383 e. The average molecular weight is 379 g/mol. The van der Waals surface area contributed by atoms with Crippen LogP contribution >= 0.6 is 24.0 Å². The molecule has 0 bridgehead atoms. The van der Waals surface area contributed by atoms with Crippen LogP contribution in [0.15, 0.2) is 41.3 Å². The first-order valence-electron chi connectivity index (χ1n) is 6.93. The lowest BCUT2D eigenvalue weighted by Gasteiger charge is -2.11. The lowest BCUT2D eigenvalue weighted by molar-refractivity contribution is 0.199. The van der Waals surface area contributed by atoms with Gasteiger partial charge in [-0.3, -0.25) is 0 Å². The van der Waals surface area contributed by atoms with Gasteiger partial charge in [-0.25, -0.2) is 13.1 Å². The van der Waals surface area contributed by atoms with E-state index in [0.717, 1.165) is 5.39 Å². The van der Waals surface area contributed by atoms with Crippen molar-refractivity contribution in [1.29, 1.82) is 0 Å². The Morgan fingerprint density at radius 3 is 2.43 bits per heavy atom. The summed E-state index contributed by atoms with van der Waals surface area (Å²) in [6.07, 6.45) is 0. The predicted molar refractivity (Wildman–Crippen MR) is 96.1 cm³/mol. The van der Waals surface area contributed by atoms with Gasteiger partial charge in [-0.1, -0.05) is 35.9 Å². The third-order valence-corrected chi connectivity index (χ3v) is 5.05. The third-order valence-electron chi connectivity index (χ3n) is 3.20. The van der Waals surface area contributed by atoms with Crippen LogP contribution in [0.5, 0.6) is 0 Å². The van der Waals surface area contributed by atoms with Crippen LogP contribution < -0.4 is 10.0 Å². The zero-order chi connectivity index (χ0) is 16.0. The third kappa shape index (κ3) is 5.31. The van der Waals surface area contributed by atoms with Crippen LogP contribution in [0.25, 0.3) is 10.8 Å². The van der Waals surface area contributed by atoms with E-state index in [0.29, 0.717) is 36.7 Å². The molecule has 0 aliphatic carbocycles. The van der Waals surface area contributed by atoms with Gasteiger partial charge in [-0.2, -0.15) is 0 Å². The van der Waals surface area contributed by atoms with Crippen LogP contribution in [0.3, 0.4) is 0 Å². The van der Waals surface area contributed by atoms with Gasteiger partial charge >= 0.3 is 0 Å². The number of methoxy groups -OCH3 is 1. The van der Waals surface area contributed by atoms with Crippen LogP contribution in [0, 0.1) is 0 Å². The highest BCUT2D eigenvalue weighted by atomic mass is 35.5. The van der Waals surface area contributed by atoms with Crippen LogP contribution in [0.2, 0.25) is 5.02 Å². The molecule has 128 valence electrons. The summed E-state index contributed by atoms with van der Waals surface area (Å²) in [5.41, 5.74) is 0. The molecule has 2 rings (SSSR count). The fourth-order valence-electron chi connectivity index (χ4n) is 2.12. The molecule has 0 spiro atoms. The normalized spacial score (nSPS) is 11.4. The van der Waals surface area contributed by atoms with Gasteiger partial charge in [0.2, 0.25) is 10.0 Å². The molecule has 0 saturated carbocycles. The first kappa shape index (κ1) is 20.2. The van der Waals surface area contributed by atoms with Crippen molar-refractivity contribution in [1.82, 2.24) is 10.0 Å². The fraction of sp³-hybridized carbons (Fsp3) is 0.333. The van der Waals surface area contributed by atoms with Gasteiger partial charge in [-0.15, -0.1) is 12.4 Å². The van der Waals surface area contributed by atoms with Crippen molar-refractivity contribution in [3.63, 3.8) is 0 Å². The maximum absolute atomic E-state index is 12.4. The molecule has 0 aliphatic rings. The lowest BCUT2D eigenvalue weighted by Crippen LogP contribution is -2.33. The summed E-state index contributed by atoms with van der Waals surface area (Å²) in [5.74, 6) is 0. The quantitative estimate of drug-likeness (QED) is 0.692. The molecule has 0 radical (unpaired) electrons. The minimum atomic E-state index is -3.58. The van der Waals surface area contributed by atoms with Crippen molar-refractivity contribution in [2.24, 2.45) is 0 Å². The summed E-state index contributed by atoms with van der Waals surface area (Å²) in [5, 5.41) is 4.97. The zero-order valence-corrected chi connectivity index (χ0v) is 15.1. The molecule has 2 N–H and O–H groups in total. The second-order valence-electron chi connectivity index (χ2n) is 4.73. The van der Waals surface area contributed by atoms with Crippen LogP contribution in [0.1, 0.15) is 0 Å². The summed E-state index contributed by atoms with van der Waals surface area (Å²) in [7, 11) is -1.96. The number of benzene rings is 2. The molecule has 0 unspecified atom stereocenters. The minimum Gasteiger partial charge on any atom is -0.383 e. The number of nitrogens with one attached hydrogen (secondary N) is 2. The number of rotatable bonds is 8. The van der Waals surface area contributed by atoms with Gasteiger partial charge < -0.3 is 10.1 Å². The van der Waals surface area contributed by atoms with E-state index < -0.39 is 10.0 Å². The van der Waals surface area contributed by atoms with Crippen molar-refractivity contribution in [3.8, 4) is 0 Å². The smallest absolute Gasteiger partial charge is 0.241 e. The molecule has 8 heteroatoms. The summed E-state index contributed by atoms with van der Waals surface area (Å²) in [4.78, 5) is 0.240. The highest BCUT2D eigenvalue weighted by Crippen LogP contribution is 2.28. The first-order valence-corrected chi connectivity index (χ1v) is 8.79. The first-order chi connectivity index (χ1) is 10.6. The van der Waals surface area contributed by atoms with Gasteiger partial charge in [0.15, 0.2) is 0 Å². The molecule has 5 nitrogen and oxygen atoms in total. The number of fused-ring (bicyclic) bond motifs is 1. The molecule has 0 aromatic heterocycles. The second kappa shape index (κ2) is 9.42. The van der Waals surface area contributed by atoms with E-state index in [9.17, 15) is 8.42 Å². The van der Waals surface area contributed by atoms with E-state index >= 15 is 0 Å². The van der Waals surface area contributed by atoms with Gasteiger partial charge in [0.25, 0.3) is 0 Å². The number of hydrogen-bond acceptors (Lipinski definition) is 4. The Kier molecular flexibility index (Phi) is 8.25. The maximum Gasteiger partial charge on any atom is 0.241 e. The summed E-state index contributed by atoms with van der Waals surface area (Å²) in [6, 6.07) is 10.3. The minimum absolute atomic E-state index is 0. The van der Waals surface area contributed by atoms with Crippen molar-refractivity contribution >= 4 is 44.8 Å². The molecule has 0 heterocycles. The molecular formula is C15H20Cl2N2O3S. The van der Waals surface area contributed by atoms with E-state index in [-0.39, 0.29) is 17.3 Å². The molecule has 23 heavy (non-hydrogen) atoms. The molecule has 0 fully saturated rings. The highest BCUT2D eigenvalue weighted by molar-refractivity contribution is 7.89. The molecular weight excluding hydrogens is 359 g/mol. The van der Waals surface area contributed by atoms with Crippen LogP contribution in [-0.2, 0) is 14.8 Å². The van der Waals surface area contributed by atoms with Gasteiger partial charge in [-0.05, 0) is 12.1 Å². The Morgan fingerprint density at radius 2 is 1.74 bits per heavy atom. The van der Waals surface area contributed by atoms with E-state index in [1.165, 1.54) is 6.07 Å². The highest BCUT2D eigenvalue weighted by Gasteiger charge is 2.17. The van der Waals surface area contributed by atoms with Crippen LogP contribution in [0.4, 0.5) is 0 Å². The fourth-order valence-corrected chi connectivity index (χ4v) is 3.59. The molecule has 2 aromatic carbocycles. The van der Waals surface area contributed by atoms with E-state index in [2.05, 4.69) is 10.0 Å². The monoisotopic (exact) mass is 378 g/mol. The molecule has 0 saturated heterocycles. The molecule has 0 amide bonds. The predicted octanol–water partition coefficient (Wildman–Crippen LogP) is 2.43. The second-order valence-corrected chi connectivity index (χ2v) is 6.87. The molecule has 0 aliphatic heterocycles. The topological polar surface area (TPSA) is 67.4 Å². The zero-order valence-electron chi connectivity index (χ0n) is 12.7. The average Bonchev–Trinajstić information content (AvgIpc) is 2.51. The number of halogens is 2. The summed E-state index contributed by atoms with van der Waals surface area (Å²) >= 11 is 6.12.